The molecule has 0 saturated carbocycles. The molecule has 0 N–H and O–H groups in total. The number of rotatable bonds is 5. The molecule has 110 valence electrons. The summed E-state index contributed by atoms with van der Waals surface area (Å²) >= 11 is 0. The van der Waals surface area contributed by atoms with Gasteiger partial charge in [-0.3, -0.25) is 4.79 Å². The van der Waals surface area contributed by atoms with Crippen molar-refractivity contribution >= 4 is 11.5 Å². The number of carbonyl (C=O) groups excluding carboxylic acids is 1. The van der Waals surface area contributed by atoms with E-state index < -0.39 is 0 Å². The van der Waals surface area contributed by atoms with Crippen LogP contribution in [0.15, 0.2) is 42.5 Å². The summed E-state index contributed by atoms with van der Waals surface area (Å²) in [5.74, 6) is -0.177. The Labute approximate surface area is 125 Å². The lowest BCUT2D eigenvalue weighted by atomic mass is 10.0. The van der Waals surface area contributed by atoms with Crippen molar-refractivity contribution in [1.29, 1.82) is 0 Å². The summed E-state index contributed by atoms with van der Waals surface area (Å²) in [5, 5.41) is 0. The van der Waals surface area contributed by atoms with Crippen LogP contribution in [0.5, 0.6) is 0 Å². The van der Waals surface area contributed by atoms with Gasteiger partial charge in [-0.25, -0.2) is 4.39 Å². The number of benzene rings is 2. The summed E-state index contributed by atoms with van der Waals surface area (Å²) in [5.41, 5.74) is 3.42. The van der Waals surface area contributed by atoms with E-state index >= 15 is 0 Å². The molecule has 0 heterocycles. The minimum atomic E-state index is -0.265. The smallest absolute Gasteiger partial charge is 0.164 e. The molecule has 0 fully saturated rings. The first-order valence-electron chi connectivity index (χ1n) is 7.04. The van der Waals surface area contributed by atoms with Gasteiger partial charge in [-0.2, -0.15) is 0 Å². The van der Waals surface area contributed by atoms with Crippen LogP contribution in [0, 0.1) is 19.7 Å². The van der Waals surface area contributed by atoms with E-state index in [9.17, 15) is 9.18 Å². The zero-order chi connectivity index (χ0) is 15.4. The molecule has 0 aliphatic rings. The quantitative estimate of drug-likeness (QED) is 0.769. The Morgan fingerprint density at radius 3 is 2.33 bits per heavy atom. The van der Waals surface area contributed by atoms with Gasteiger partial charge in [0.25, 0.3) is 0 Å². The first-order valence-corrected chi connectivity index (χ1v) is 7.04. The summed E-state index contributed by atoms with van der Waals surface area (Å²) in [4.78, 5) is 14.0. The molecule has 21 heavy (non-hydrogen) atoms. The van der Waals surface area contributed by atoms with E-state index in [-0.39, 0.29) is 11.6 Å². The lowest BCUT2D eigenvalue weighted by Crippen LogP contribution is -2.22. The number of nitrogens with zero attached hydrogens (tertiary/aromatic N) is 1. The van der Waals surface area contributed by atoms with Gasteiger partial charge in [0.05, 0.1) is 5.69 Å². The first kappa shape index (κ1) is 15.2. The van der Waals surface area contributed by atoms with Crippen LogP contribution in [0.4, 0.5) is 10.1 Å². The third-order valence-electron chi connectivity index (χ3n) is 3.48. The van der Waals surface area contributed by atoms with Crippen molar-refractivity contribution in [1.82, 2.24) is 0 Å². The van der Waals surface area contributed by atoms with Crippen molar-refractivity contribution in [2.45, 2.75) is 20.3 Å². The number of Topliss-reactive ketones (excluding diaryl/α,β-unsaturated/α-hetero) is 1. The Morgan fingerprint density at radius 2 is 1.71 bits per heavy atom. The van der Waals surface area contributed by atoms with Crippen molar-refractivity contribution in [3.8, 4) is 0 Å². The van der Waals surface area contributed by atoms with Crippen LogP contribution in [0.25, 0.3) is 0 Å². The van der Waals surface area contributed by atoms with Crippen LogP contribution in [-0.2, 0) is 0 Å². The molecule has 2 nitrogen and oxygen atoms in total. The molecule has 2 aromatic rings. The van der Waals surface area contributed by atoms with Gasteiger partial charge in [0.2, 0.25) is 0 Å². The molecule has 0 radical (unpaired) electrons. The molecule has 0 saturated heterocycles. The van der Waals surface area contributed by atoms with Crippen molar-refractivity contribution in [2.24, 2.45) is 0 Å². The zero-order valence-electron chi connectivity index (χ0n) is 12.7. The van der Waals surface area contributed by atoms with Crippen LogP contribution in [0.3, 0.4) is 0 Å². The van der Waals surface area contributed by atoms with E-state index in [0.717, 1.165) is 16.7 Å². The van der Waals surface area contributed by atoms with Gasteiger partial charge in [-0.15, -0.1) is 0 Å². The maximum atomic E-state index is 13.7. The van der Waals surface area contributed by atoms with E-state index in [1.54, 1.807) is 30.1 Å². The molecule has 0 spiro atoms. The van der Waals surface area contributed by atoms with Gasteiger partial charge in [-0.1, -0.05) is 29.3 Å². The van der Waals surface area contributed by atoms with Gasteiger partial charge < -0.3 is 4.90 Å². The second kappa shape index (κ2) is 6.53. The molecule has 0 aliphatic carbocycles. The van der Waals surface area contributed by atoms with Gasteiger partial charge >= 0.3 is 0 Å². The molecule has 0 bridgehead atoms. The van der Waals surface area contributed by atoms with Crippen LogP contribution < -0.4 is 4.90 Å². The molecule has 0 aliphatic heterocycles. The molecule has 0 atom stereocenters. The Bertz CT molecular complexity index is 631. The lowest BCUT2D eigenvalue weighted by Gasteiger charge is -2.19. The SMILES string of the molecule is Cc1cc(C)cc(C(=O)CCN(C)c2ccccc2F)c1. The van der Waals surface area contributed by atoms with Gasteiger partial charge in [0.15, 0.2) is 5.78 Å². The number of hydrogen-bond donors (Lipinski definition) is 0. The topological polar surface area (TPSA) is 20.3 Å². The monoisotopic (exact) mass is 285 g/mol. The maximum Gasteiger partial charge on any atom is 0.164 e. The standard InChI is InChI=1S/C18H20FNO/c1-13-10-14(2)12-15(11-13)18(21)8-9-20(3)17-7-5-4-6-16(17)19/h4-7,10-12H,8-9H2,1-3H3. The minimum absolute atomic E-state index is 0.0880. The molecule has 3 heteroatoms. The summed E-state index contributed by atoms with van der Waals surface area (Å²) in [6, 6.07) is 12.4. The molecule has 2 rings (SSSR count). The van der Waals surface area contributed by atoms with E-state index in [4.69, 9.17) is 0 Å². The van der Waals surface area contributed by atoms with E-state index in [1.807, 2.05) is 32.0 Å². The maximum absolute atomic E-state index is 13.7. The number of carbonyl (C=O) groups is 1. The average Bonchev–Trinajstić information content (AvgIpc) is 2.43. The number of ketones is 1. The number of aryl methyl sites for hydroxylation is 2. The van der Waals surface area contributed by atoms with Crippen LogP contribution in [0.1, 0.15) is 27.9 Å². The molecule has 0 amide bonds. The predicted octanol–water partition coefficient (Wildman–Crippen LogP) is 4.15. The fourth-order valence-electron chi connectivity index (χ4n) is 2.43. The number of anilines is 1. The third kappa shape index (κ3) is 3.91. The molecule has 0 unspecified atom stereocenters. The minimum Gasteiger partial charge on any atom is -0.372 e. The van der Waals surface area contributed by atoms with Crippen molar-refractivity contribution in [2.75, 3.05) is 18.5 Å². The van der Waals surface area contributed by atoms with Gasteiger partial charge in [0, 0.05) is 25.6 Å². The summed E-state index contributed by atoms with van der Waals surface area (Å²) < 4.78 is 13.7. The molecular weight excluding hydrogens is 265 g/mol. The second-order valence-corrected chi connectivity index (χ2v) is 5.42. The number of halogens is 1. The van der Waals surface area contributed by atoms with Crippen molar-refractivity contribution < 1.29 is 9.18 Å². The van der Waals surface area contributed by atoms with Crippen molar-refractivity contribution in [3.05, 3.63) is 65.0 Å². The molecule has 0 aromatic heterocycles. The fraction of sp³-hybridized carbons (Fsp3) is 0.278. The Morgan fingerprint density at radius 1 is 1.10 bits per heavy atom. The van der Waals surface area contributed by atoms with Crippen LogP contribution in [0.2, 0.25) is 0 Å². The van der Waals surface area contributed by atoms with Gasteiger partial charge in [0.1, 0.15) is 5.82 Å². The largest absolute Gasteiger partial charge is 0.372 e. The normalized spacial score (nSPS) is 10.5. The summed E-state index contributed by atoms with van der Waals surface area (Å²) in [6.45, 7) is 4.46. The number of hydrogen-bond acceptors (Lipinski definition) is 2. The number of para-hydroxylation sites is 1. The molecular formula is C18H20FNO. The zero-order valence-corrected chi connectivity index (χ0v) is 12.7. The van der Waals surface area contributed by atoms with E-state index in [2.05, 4.69) is 0 Å². The fourth-order valence-corrected chi connectivity index (χ4v) is 2.43. The highest BCUT2D eigenvalue weighted by Crippen LogP contribution is 2.18. The second-order valence-electron chi connectivity index (χ2n) is 5.42. The summed E-state index contributed by atoms with van der Waals surface area (Å²) in [6.07, 6.45) is 0.369. The Kier molecular flexibility index (Phi) is 4.73. The van der Waals surface area contributed by atoms with E-state index in [0.29, 0.717) is 18.7 Å². The first-order chi connectivity index (χ1) is 9.97. The predicted molar refractivity (Wildman–Crippen MR) is 84.5 cm³/mol. The average molecular weight is 285 g/mol. The van der Waals surface area contributed by atoms with Crippen molar-refractivity contribution in [3.63, 3.8) is 0 Å². The van der Waals surface area contributed by atoms with Gasteiger partial charge in [-0.05, 0) is 38.1 Å². The highest BCUT2D eigenvalue weighted by Gasteiger charge is 2.11. The third-order valence-corrected chi connectivity index (χ3v) is 3.48. The summed E-state index contributed by atoms with van der Waals surface area (Å²) in [7, 11) is 1.80. The van der Waals surface area contributed by atoms with Crippen LogP contribution >= 0.6 is 0 Å². The highest BCUT2D eigenvalue weighted by atomic mass is 19.1. The van der Waals surface area contributed by atoms with E-state index in [1.165, 1.54) is 6.07 Å². The lowest BCUT2D eigenvalue weighted by molar-refractivity contribution is 0.0984. The molecule has 2 aromatic carbocycles. The Hall–Kier alpha value is -2.16. The van der Waals surface area contributed by atoms with Crippen LogP contribution in [-0.4, -0.2) is 19.4 Å². The highest BCUT2D eigenvalue weighted by molar-refractivity contribution is 5.96. The Balaban J connectivity index is 2.02.